The molecule has 2 aromatic heterocycles. The molecule has 0 spiro atoms. The number of rotatable bonds is 5. The molecule has 33 heavy (non-hydrogen) atoms. The predicted octanol–water partition coefficient (Wildman–Crippen LogP) is 5.71. The second-order valence-corrected chi connectivity index (χ2v) is 9.30. The standard InChI is InChI=1S/C24H18FN3O4S/c1-14-4-3-5-18(12-14)28-33(29,30)19-10-11-21-20(13-19)15(2)22(31-21)24-26-23(27-32-24)16-6-8-17(25)9-7-16/h3-13,28H,1-2H3. The van der Waals surface area contributed by atoms with E-state index < -0.39 is 10.0 Å². The van der Waals surface area contributed by atoms with Crippen LogP contribution >= 0.6 is 0 Å². The Balaban J connectivity index is 1.50. The first-order valence-electron chi connectivity index (χ1n) is 10.0. The number of nitrogens with zero attached hydrogens (tertiary/aromatic N) is 2. The van der Waals surface area contributed by atoms with Gasteiger partial charge in [-0.3, -0.25) is 4.72 Å². The van der Waals surface area contributed by atoms with Gasteiger partial charge < -0.3 is 8.94 Å². The molecule has 0 aliphatic heterocycles. The van der Waals surface area contributed by atoms with Crippen LogP contribution < -0.4 is 4.72 Å². The van der Waals surface area contributed by atoms with Crippen molar-refractivity contribution in [2.45, 2.75) is 18.7 Å². The maximum absolute atomic E-state index is 13.2. The largest absolute Gasteiger partial charge is 0.451 e. The van der Waals surface area contributed by atoms with Crippen molar-refractivity contribution in [1.82, 2.24) is 10.1 Å². The Hall–Kier alpha value is -3.98. The minimum atomic E-state index is -3.80. The molecule has 0 unspecified atom stereocenters. The number of anilines is 1. The van der Waals surface area contributed by atoms with Crippen molar-refractivity contribution < 1.29 is 21.7 Å². The summed E-state index contributed by atoms with van der Waals surface area (Å²) < 4.78 is 52.8. The van der Waals surface area contributed by atoms with Crippen LogP contribution in [0.4, 0.5) is 10.1 Å². The molecule has 166 valence electrons. The third-order valence-electron chi connectivity index (χ3n) is 5.21. The van der Waals surface area contributed by atoms with Gasteiger partial charge in [0, 0.05) is 22.2 Å². The molecule has 0 saturated heterocycles. The fourth-order valence-electron chi connectivity index (χ4n) is 3.53. The summed E-state index contributed by atoms with van der Waals surface area (Å²) in [6, 6.07) is 17.5. The van der Waals surface area contributed by atoms with E-state index in [1.54, 1.807) is 49.4 Å². The van der Waals surface area contributed by atoms with E-state index in [1.165, 1.54) is 18.2 Å². The van der Waals surface area contributed by atoms with Gasteiger partial charge in [-0.2, -0.15) is 4.98 Å². The SMILES string of the molecule is Cc1cccc(NS(=O)(=O)c2ccc3oc(-c4nc(-c5ccc(F)cc5)no4)c(C)c3c2)c1. The second kappa shape index (κ2) is 7.86. The molecule has 0 saturated carbocycles. The average molecular weight is 463 g/mol. The zero-order valence-electron chi connectivity index (χ0n) is 17.7. The predicted molar refractivity (Wildman–Crippen MR) is 122 cm³/mol. The van der Waals surface area contributed by atoms with Crippen molar-refractivity contribution in [1.29, 1.82) is 0 Å². The van der Waals surface area contributed by atoms with Crippen LogP contribution in [0.2, 0.25) is 0 Å². The van der Waals surface area contributed by atoms with Gasteiger partial charge in [0.05, 0.1) is 4.90 Å². The van der Waals surface area contributed by atoms with E-state index in [4.69, 9.17) is 8.94 Å². The molecule has 3 aromatic carbocycles. The smallest absolute Gasteiger partial charge is 0.294 e. The minimum Gasteiger partial charge on any atom is -0.451 e. The highest BCUT2D eigenvalue weighted by Gasteiger charge is 2.22. The van der Waals surface area contributed by atoms with Gasteiger partial charge in [0.15, 0.2) is 5.76 Å². The molecule has 2 heterocycles. The maximum atomic E-state index is 13.2. The van der Waals surface area contributed by atoms with Gasteiger partial charge in [0.1, 0.15) is 11.4 Å². The van der Waals surface area contributed by atoms with Crippen molar-refractivity contribution >= 4 is 26.7 Å². The van der Waals surface area contributed by atoms with E-state index in [0.29, 0.717) is 33.5 Å². The zero-order chi connectivity index (χ0) is 23.2. The summed E-state index contributed by atoms with van der Waals surface area (Å²) in [6.07, 6.45) is 0. The second-order valence-electron chi connectivity index (χ2n) is 7.62. The van der Waals surface area contributed by atoms with Crippen LogP contribution in [0.1, 0.15) is 11.1 Å². The first-order valence-corrected chi connectivity index (χ1v) is 11.5. The van der Waals surface area contributed by atoms with Crippen molar-refractivity contribution in [3.63, 3.8) is 0 Å². The molecule has 0 aliphatic carbocycles. The molecule has 0 fully saturated rings. The van der Waals surface area contributed by atoms with Gasteiger partial charge in [-0.25, -0.2) is 12.8 Å². The third-order valence-corrected chi connectivity index (χ3v) is 6.59. The number of nitrogens with one attached hydrogen (secondary N) is 1. The molecule has 5 rings (SSSR count). The number of aromatic nitrogens is 2. The molecule has 0 aliphatic rings. The lowest BCUT2D eigenvalue weighted by Gasteiger charge is -2.08. The van der Waals surface area contributed by atoms with Gasteiger partial charge in [0.25, 0.3) is 15.9 Å². The van der Waals surface area contributed by atoms with Crippen molar-refractivity contribution in [2.24, 2.45) is 0 Å². The summed E-state index contributed by atoms with van der Waals surface area (Å²) in [7, 11) is -3.80. The Morgan fingerprint density at radius 2 is 1.76 bits per heavy atom. The molecule has 5 aromatic rings. The van der Waals surface area contributed by atoms with E-state index >= 15 is 0 Å². The number of hydrogen-bond donors (Lipinski definition) is 1. The highest BCUT2D eigenvalue weighted by Crippen LogP contribution is 2.34. The Morgan fingerprint density at radius 1 is 0.970 bits per heavy atom. The summed E-state index contributed by atoms with van der Waals surface area (Å²) >= 11 is 0. The zero-order valence-corrected chi connectivity index (χ0v) is 18.5. The Kier molecular flexibility index (Phi) is 4.98. The van der Waals surface area contributed by atoms with Crippen LogP contribution in [-0.4, -0.2) is 18.6 Å². The van der Waals surface area contributed by atoms with E-state index in [2.05, 4.69) is 14.9 Å². The number of fused-ring (bicyclic) bond motifs is 1. The fourth-order valence-corrected chi connectivity index (χ4v) is 4.60. The summed E-state index contributed by atoms with van der Waals surface area (Å²) in [5.74, 6) is 0.408. The number of halogens is 1. The quantitative estimate of drug-likeness (QED) is 0.359. The molecule has 0 radical (unpaired) electrons. The molecule has 0 amide bonds. The molecule has 7 nitrogen and oxygen atoms in total. The van der Waals surface area contributed by atoms with Crippen LogP contribution in [0.3, 0.4) is 0 Å². The van der Waals surface area contributed by atoms with Gasteiger partial charge in [0.2, 0.25) is 5.82 Å². The van der Waals surface area contributed by atoms with Crippen molar-refractivity contribution in [3.8, 4) is 23.0 Å². The van der Waals surface area contributed by atoms with Crippen molar-refractivity contribution in [3.05, 3.63) is 83.7 Å². The highest BCUT2D eigenvalue weighted by molar-refractivity contribution is 7.92. The first-order chi connectivity index (χ1) is 15.8. The lowest BCUT2D eigenvalue weighted by molar-refractivity contribution is 0.419. The van der Waals surface area contributed by atoms with Gasteiger partial charge in [-0.15, -0.1) is 0 Å². The highest BCUT2D eigenvalue weighted by atomic mass is 32.2. The van der Waals surface area contributed by atoms with Crippen LogP contribution in [0.5, 0.6) is 0 Å². The Labute approximate surface area is 188 Å². The topological polar surface area (TPSA) is 98.2 Å². The van der Waals surface area contributed by atoms with Gasteiger partial charge >= 0.3 is 0 Å². The van der Waals surface area contributed by atoms with Crippen molar-refractivity contribution in [2.75, 3.05) is 4.72 Å². The maximum Gasteiger partial charge on any atom is 0.294 e. The van der Waals surface area contributed by atoms with Crippen LogP contribution in [-0.2, 0) is 10.0 Å². The summed E-state index contributed by atoms with van der Waals surface area (Å²) in [6.45, 7) is 3.67. The lowest BCUT2D eigenvalue weighted by Crippen LogP contribution is -2.12. The van der Waals surface area contributed by atoms with Gasteiger partial charge in [-0.1, -0.05) is 17.3 Å². The molecule has 1 N–H and O–H groups in total. The molecule has 0 bridgehead atoms. The number of hydrogen-bond acceptors (Lipinski definition) is 6. The Morgan fingerprint density at radius 3 is 2.52 bits per heavy atom. The number of furan rings is 1. The van der Waals surface area contributed by atoms with Crippen LogP contribution in [0.15, 0.2) is 80.6 Å². The van der Waals surface area contributed by atoms with E-state index in [0.717, 1.165) is 5.56 Å². The number of sulfonamides is 1. The monoisotopic (exact) mass is 463 g/mol. The van der Waals surface area contributed by atoms with Crippen LogP contribution in [0.25, 0.3) is 34.0 Å². The van der Waals surface area contributed by atoms with Crippen LogP contribution in [0, 0.1) is 19.7 Å². The number of benzene rings is 3. The summed E-state index contributed by atoms with van der Waals surface area (Å²) in [5.41, 5.74) is 3.17. The van der Waals surface area contributed by atoms with E-state index in [9.17, 15) is 12.8 Å². The molecule has 9 heteroatoms. The fraction of sp³-hybridized carbons (Fsp3) is 0.0833. The third kappa shape index (κ3) is 3.98. The molecule has 0 atom stereocenters. The molecular weight excluding hydrogens is 445 g/mol. The lowest BCUT2D eigenvalue weighted by atomic mass is 10.1. The summed E-state index contributed by atoms with van der Waals surface area (Å²) in [4.78, 5) is 4.45. The van der Waals surface area contributed by atoms with Gasteiger partial charge in [-0.05, 0) is 74.0 Å². The minimum absolute atomic E-state index is 0.101. The van der Waals surface area contributed by atoms with E-state index in [1.807, 2.05) is 13.0 Å². The molecular formula is C24H18FN3O4S. The normalized spacial score (nSPS) is 11.7. The summed E-state index contributed by atoms with van der Waals surface area (Å²) in [5, 5.41) is 4.55. The Bertz CT molecular complexity index is 1590. The van der Waals surface area contributed by atoms with E-state index in [-0.39, 0.29) is 22.4 Å². The average Bonchev–Trinajstić information content (AvgIpc) is 3.39. The first kappa shape index (κ1) is 20.9. The number of aryl methyl sites for hydroxylation is 2.